The first-order chi connectivity index (χ1) is 6.43. The zero-order chi connectivity index (χ0) is 10.9. The van der Waals surface area contributed by atoms with Crippen LogP contribution in [0, 0.1) is 0 Å². The average molecular weight is 206 g/mol. The predicted molar refractivity (Wildman–Crippen MR) is 44.1 cm³/mol. The molecule has 0 aromatic heterocycles. The van der Waals surface area contributed by atoms with Gasteiger partial charge in [0.1, 0.15) is 12.2 Å². The highest BCUT2D eigenvalue weighted by atomic mass is 16.6. The highest BCUT2D eigenvalue weighted by molar-refractivity contribution is 5.66. The van der Waals surface area contributed by atoms with Gasteiger partial charge in [0.25, 0.3) is 0 Å². The van der Waals surface area contributed by atoms with Gasteiger partial charge in [0.05, 0.1) is 6.10 Å². The van der Waals surface area contributed by atoms with Crippen LogP contribution in [0.25, 0.3) is 0 Å². The number of hydrogen-bond acceptors (Lipinski definition) is 6. The summed E-state index contributed by atoms with van der Waals surface area (Å²) in [7, 11) is 0. The van der Waals surface area contributed by atoms with E-state index in [1.807, 2.05) is 0 Å². The lowest BCUT2D eigenvalue weighted by molar-refractivity contribution is -0.281. The third-order valence-corrected chi connectivity index (χ3v) is 2.10. The van der Waals surface area contributed by atoms with Crippen molar-refractivity contribution in [2.24, 2.45) is 0 Å². The van der Waals surface area contributed by atoms with Crippen LogP contribution in [0.5, 0.6) is 0 Å². The Hall–Kier alpha value is -0.690. The number of rotatable bonds is 1. The first kappa shape index (κ1) is 11.4. The molecule has 1 fully saturated rings. The molecule has 0 radical (unpaired) electrons. The fraction of sp³-hybridized carbons (Fsp3) is 0.875. The highest BCUT2D eigenvalue weighted by Gasteiger charge is 2.44. The molecule has 1 aliphatic rings. The van der Waals surface area contributed by atoms with Crippen molar-refractivity contribution in [1.29, 1.82) is 0 Å². The smallest absolute Gasteiger partial charge is 0.303 e. The number of hydrogen-bond donors (Lipinski definition) is 3. The van der Waals surface area contributed by atoms with E-state index >= 15 is 0 Å². The van der Waals surface area contributed by atoms with E-state index in [9.17, 15) is 20.1 Å². The van der Waals surface area contributed by atoms with Crippen LogP contribution in [-0.2, 0) is 14.3 Å². The van der Waals surface area contributed by atoms with Gasteiger partial charge in [-0.05, 0) is 6.92 Å². The van der Waals surface area contributed by atoms with E-state index in [0.29, 0.717) is 0 Å². The highest BCUT2D eigenvalue weighted by Crippen LogP contribution is 2.21. The normalized spacial score (nSPS) is 43.4. The molecule has 6 heteroatoms. The van der Waals surface area contributed by atoms with Gasteiger partial charge in [-0.25, -0.2) is 0 Å². The van der Waals surface area contributed by atoms with Gasteiger partial charge in [-0.1, -0.05) is 0 Å². The summed E-state index contributed by atoms with van der Waals surface area (Å²) in [6, 6.07) is 0. The van der Waals surface area contributed by atoms with E-state index in [1.54, 1.807) is 0 Å². The summed E-state index contributed by atoms with van der Waals surface area (Å²) >= 11 is 0. The summed E-state index contributed by atoms with van der Waals surface area (Å²) in [6.07, 6.45) is -5.86. The Morgan fingerprint density at radius 1 is 1.29 bits per heavy atom. The van der Waals surface area contributed by atoms with Gasteiger partial charge in [0.15, 0.2) is 12.4 Å². The Bertz CT molecular complexity index is 204. The maximum atomic E-state index is 10.6. The number of carbonyl (C=O) groups excluding carboxylic acids is 1. The van der Waals surface area contributed by atoms with Crippen molar-refractivity contribution in [3.63, 3.8) is 0 Å². The summed E-state index contributed by atoms with van der Waals surface area (Å²) in [4.78, 5) is 10.6. The monoisotopic (exact) mass is 206 g/mol. The van der Waals surface area contributed by atoms with Crippen LogP contribution in [0.15, 0.2) is 0 Å². The van der Waals surface area contributed by atoms with Gasteiger partial charge >= 0.3 is 5.97 Å². The number of aliphatic hydroxyl groups excluding tert-OH is 3. The molecule has 0 amide bonds. The van der Waals surface area contributed by atoms with Crippen LogP contribution in [0.4, 0.5) is 0 Å². The van der Waals surface area contributed by atoms with Crippen molar-refractivity contribution >= 4 is 5.97 Å². The van der Waals surface area contributed by atoms with Crippen LogP contribution in [-0.4, -0.2) is 52.0 Å². The zero-order valence-corrected chi connectivity index (χ0v) is 7.95. The zero-order valence-electron chi connectivity index (χ0n) is 7.95. The first-order valence-corrected chi connectivity index (χ1v) is 4.30. The minimum atomic E-state index is -1.45. The van der Waals surface area contributed by atoms with Crippen LogP contribution < -0.4 is 0 Å². The van der Waals surface area contributed by atoms with E-state index in [0.717, 1.165) is 6.92 Å². The molecular weight excluding hydrogens is 192 g/mol. The van der Waals surface area contributed by atoms with E-state index in [4.69, 9.17) is 4.74 Å². The van der Waals surface area contributed by atoms with Crippen LogP contribution in [0.1, 0.15) is 13.8 Å². The molecule has 0 aromatic rings. The molecule has 0 unspecified atom stereocenters. The van der Waals surface area contributed by atoms with E-state index in [2.05, 4.69) is 4.74 Å². The number of ether oxygens (including phenoxy) is 2. The standard InChI is InChI=1S/C8H14O6/c1-3-5(10)7(14-4(2)9)6(11)8(12)13-3/h3,5-8,10-12H,1-2H3/t3-,5-,6+,7+,8+/m0/s1. The Morgan fingerprint density at radius 2 is 1.86 bits per heavy atom. The largest absolute Gasteiger partial charge is 0.457 e. The average Bonchev–Trinajstić information content (AvgIpc) is 2.09. The Kier molecular flexibility index (Phi) is 3.43. The topological polar surface area (TPSA) is 96.2 Å². The van der Waals surface area contributed by atoms with Gasteiger partial charge in [-0.3, -0.25) is 4.79 Å². The third kappa shape index (κ3) is 2.21. The lowest BCUT2D eigenvalue weighted by atomic mass is 10.00. The lowest BCUT2D eigenvalue weighted by Crippen LogP contribution is -2.57. The molecule has 82 valence electrons. The van der Waals surface area contributed by atoms with Crippen molar-refractivity contribution in [3.8, 4) is 0 Å². The molecule has 0 aromatic carbocycles. The molecule has 0 bridgehead atoms. The minimum absolute atomic E-state index is 0.630. The summed E-state index contributed by atoms with van der Waals surface area (Å²) in [5.41, 5.74) is 0. The molecule has 6 nitrogen and oxygen atoms in total. The Balaban J connectivity index is 2.71. The fourth-order valence-electron chi connectivity index (χ4n) is 1.34. The maximum Gasteiger partial charge on any atom is 0.303 e. The van der Waals surface area contributed by atoms with Crippen molar-refractivity contribution < 1.29 is 29.6 Å². The molecule has 1 saturated heterocycles. The molecule has 1 heterocycles. The van der Waals surface area contributed by atoms with Crippen LogP contribution in [0.2, 0.25) is 0 Å². The molecule has 14 heavy (non-hydrogen) atoms. The number of aliphatic hydroxyl groups is 3. The number of carbonyl (C=O) groups is 1. The van der Waals surface area contributed by atoms with E-state index in [1.165, 1.54) is 6.92 Å². The van der Waals surface area contributed by atoms with E-state index in [-0.39, 0.29) is 0 Å². The van der Waals surface area contributed by atoms with Gasteiger partial charge in [0.2, 0.25) is 0 Å². The summed E-state index contributed by atoms with van der Waals surface area (Å²) in [6.45, 7) is 2.67. The van der Waals surface area contributed by atoms with Gasteiger partial charge in [-0.15, -0.1) is 0 Å². The molecular formula is C8H14O6. The van der Waals surface area contributed by atoms with Gasteiger partial charge in [0, 0.05) is 6.92 Å². The molecule has 3 N–H and O–H groups in total. The molecule has 5 atom stereocenters. The van der Waals surface area contributed by atoms with Gasteiger partial charge < -0.3 is 24.8 Å². The minimum Gasteiger partial charge on any atom is -0.457 e. The van der Waals surface area contributed by atoms with Crippen molar-refractivity contribution in [1.82, 2.24) is 0 Å². The third-order valence-electron chi connectivity index (χ3n) is 2.10. The molecule has 0 saturated carbocycles. The summed E-state index contributed by atoms with van der Waals surface area (Å²) in [5, 5.41) is 28.0. The molecule has 1 aliphatic heterocycles. The first-order valence-electron chi connectivity index (χ1n) is 4.30. The molecule has 0 spiro atoms. The molecule has 0 aliphatic carbocycles. The van der Waals surface area contributed by atoms with Crippen molar-refractivity contribution in [2.45, 2.75) is 44.6 Å². The second-order valence-electron chi connectivity index (χ2n) is 3.29. The number of esters is 1. The Morgan fingerprint density at radius 3 is 2.36 bits per heavy atom. The van der Waals surface area contributed by atoms with Crippen molar-refractivity contribution in [2.75, 3.05) is 0 Å². The van der Waals surface area contributed by atoms with Crippen LogP contribution >= 0.6 is 0 Å². The Labute approximate surface area is 81.1 Å². The SMILES string of the molecule is CC(=O)O[C@@H]1[C@@H](O)[C@H](C)O[C@@H](O)[C@@H]1O. The fourth-order valence-corrected chi connectivity index (χ4v) is 1.34. The van der Waals surface area contributed by atoms with Crippen molar-refractivity contribution in [3.05, 3.63) is 0 Å². The summed E-state index contributed by atoms with van der Waals surface area (Å²) in [5.74, 6) is -0.630. The predicted octanol–water partition coefficient (Wildman–Crippen LogP) is -1.62. The van der Waals surface area contributed by atoms with Gasteiger partial charge in [-0.2, -0.15) is 0 Å². The second kappa shape index (κ2) is 4.22. The molecule has 1 rings (SSSR count). The quantitative estimate of drug-likeness (QED) is 0.446. The lowest BCUT2D eigenvalue weighted by Gasteiger charge is -2.38. The van der Waals surface area contributed by atoms with Crippen LogP contribution in [0.3, 0.4) is 0 Å². The van der Waals surface area contributed by atoms with E-state index < -0.39 is 36.7 Å². The summed E-state index contributed by atoms with van der Waals surface area (Å²) < 4.78 is 9.46. The maximum absolute atomic E-state index is 10.6. The second-order valence-corrected chi connectivity index (χ2v) is 3.29.